The van der Waals surface area contributed by atoms with Gasteiger partial charge in [0.05, 0.1) is 23.9 Å². The number of nitrogens with zero attached hydrogens (tertiary/aromatic N) is 2. The van der Waals surface area contributed by atoms with E-state index in [1.165, 1.54) is 0 Å². The minimum absolute atomic E-state index is 0.232. The number of amides is 1. The van der Waals surface area contributed by atoms with Crippen LogP contribution in [-0.2, 0) is 13.2 Å². The Morgan fingerprint density at radius 2 is 2.13 bits per heavy atom. The molecule has 1 aliphatic heterocycles. The standard InChI is InChI=1S/C23H27N3O4/c1-3-16(2)26(14-17-8-6-13-28-17)12-7-11-24-23(27)21-19-15-29-20-10-5-4-9-18(20)22(19)30-25-21/h4-6,8-10,13,16H,3,7,11-12,14-15H2,1-2H3,(H,24,27). The molecule has 4 rings (SSSR count). The Morgan fingerprint density at radius 3 is 2.93 bits per heavy atom. The van der Waals surface area contributed by atoms with E-state index in [-0.39, 0.29) is 12.5 Å². The SMILES string of the molecule is CCC(C)N(CCCNC(=O)c1noc2c1COc1ccccc1-2)Cc1ccco1. The van der Waals surface area contributed by atoms with Crippen molar-refractivity contribution >= 4 is 5.91 Å². The van der Waals surface area contributed by atoms with Crippen molar-refractivity contribution in [1.29, 1.82) is 0 Å². The molecule has 7 nitrogen and oxygen atoms in total. The zero-order chi connectivity index (χ0) is 20.9. The van der Waals surface area contributed by atoms with Gasteiger partial charge in [-0.25, -0.2) is 0 Å². The second-order valence-corrected chi connectivity index (χ2v) is 7.54. The zero-order valence-electron chi connectivity index (χ0n) is 17.4. The number of furan rings is 1. The highest BCUT2D eigenvalue weighted by molar-refractivity contribution is 5.95. The molecule has 0 saturated carbocycles. The fourth-order valence-corrected chi connectivity index (χ4v) is 3.65. The third kappa shape index (κ3) is 4.26. The van der Waals surface area contributed by atoms with Gasteiger partial charge >= 0.3 is 0 Å². The highest BCUT2D eigenvalue weighted by Crippen LogP contribution is 2.38. The number of carbonyl (C=O) groups is 1. The lowest BCUT2D eigenvalue weighted by Gasteiger charge is -2.27. The molecule has 30 heavy (non-hydrogen) atoms. The van der Waals surface area contributed by atoms with Crippen LogP contribution in [0.4, 0.5) is 0 Å². The highest BCUT2D eigenvalue weighted by Gasteiger charge is 2.28. The monoisotopic (exact) mass is 409 g/mol. The average Bonchev–Trinajstić information content (AvgIpc) is 3.45. The van der Waals surface area contributed by atoms with Crippen LogP contribution >= 0.6 is 0 Å². The van der Waals surface area contributed by atoms with Crippen molar-refractivity contribution < 1.29 is 18.5 Å². The van der Waals surface area contributed by atoms with Gasteiger partial charge in [0.2, 0.25) is 0 Å². The van der Waals surface area contributed by atoms with Crippen LogP contribution in [0.5, 0.6) is 5.75 Å². The van der Waals surface area contributed by atoms with Crippen molar-refractivity contribution in [3.8, 4) is 17.1 Å². The van der Waals surface area contributed by atoms with E-state index in [0.29, 0.717) is 29.6 Å². The molecule has 0 saturated heterocycles. The number of hydrogen-bond donors (Lipinski definition) is 1. The molecule has 1 amide bonds. The van der Waals surface area contributed by atoms with Crippen molar-refractivity contribution in [2.75, 3.05) is 13.1 Å². The highest BCUT2D eigenvalue weighted by atomic mass is 16.5. The van der Waals surface area contributed by atoms with Crippen molar-refractivity contribution in [3.05, 3.63) is 59.7 Å². The molecular weight excluding hydrogens is 382 g/mol. The summed E-state index contributed by atoms with van der Waals surface area (Å²) in [6.07, 6.45) is 3.58. The van der Waals surface area contributed by atoms with Crippen molar-refractivity contribution in [2.45, 2.75) is 45.9 Å². The molecule has 2 aromatic heterocycles. The van der Waals surface area contributed by atoms with Crippen molar-refractivity contribution in [2.24, 2.45) is 0 Å². The van der Waals surface area contributed by atoms with Gasteiger partial charge in [0, 0.05) is 19.1 Å². The zero-order valence-corrected chi connectivity index (χ0v) is 17.4. The Hall–Kier alpha value is -3.06. The summed E-state index contributed by atoms with van der Waals surface area (Å²) >= 11 is 0. The summed E-state index contributed by atoms with van der Waals surface area (Å²) in [5.41, 5.74) is 1.83. The largest absolute Gasteiger partial charge is 0.488 e. The topological polar surface area (TPSA) is 80.7 Å². The molecule has 1 atom stereocenters. The Morgan fingerprint density at radius 1 is 1.27 bits per heavy atom. The summed E-state index contributed by atoms with van der Waals surface area (Å²) in [6, 6.07) is 11.9. The molecule has 0 spiro atoms. The minimum atomic E-state index is -0.232. The summed E-state index contributed by atoms with van der Waals surface area (Å²) in [6.45, 7) is 6.86. The molecule has 0 bridgehead atoms. The Balaban J connectivity index is 1.33. The summed E-state index contributed by atoms with van der Waals surface area (Å²) in [4.78, 5) is 15.0. The molecule has 158 valence electrons. The smallest absolute Gasteiger partial charge is 0.273 e. The Bertz CT molecular complexity index is 980. The van der Waals surface area contributed by atoms with Gasteiger partial charge in [-0.3, -0.25) is 9.69 Å². The fourth-order valence-electron chi connectivity index (χ4n) is 3.65. The minimum Gasteiger partial charge on any atom is -0.488 e. The third-order valence-corrected chi connectivity index (χ3v) is 5.57. The van der Waals surface area contributed by atoms with Crippen LogP contribution in [0.3, 0.4) is 0 Å². The van der Waals surface area contributed by atoms with E-state index in [1.54, 1.807) is 6.26 Å². The molecule has 0 fully saturated rings. The van der Waals surface area contributed by atoms with E-state index in [0.717, 1.165) is 43.0 Å². The van der Waals surface area contributed by atoms with Gasteiger partial charge in [0.25, 0.3) is 5.91 Å². The van der Waals surface area contributed by atoms with E-state index in [2.05, 4.69) is 29.2 Å². The molecule has 1 aliphatic rings. The first kappa shape index (κ1) is 20.2. The molecule has 1 unspecified atom stereocenters. The number of rotatable bonds is 9. The maximum absolute atomic E-state index is 12.7. The van der Waals surface area contributed by atoms with Crippen LogP contribution in [0.1, 0.15) is 48.5 Å². The lowest BCUT2D eigenvalue weighted by molar-refractivity contribution is 0.0938. The second-order valence-electron chi connectivity index (χ2n) is 7.54. The maximum atomic E-state index is 12.7. The number of fused-ring (bicyclic) bond motifs is 3. The van der Waals surface area contributed by atoms with E-state index in [1.807, 2.05) is 36.4 Å². The van der Waals surface area contributed by atoms with E-state index in [9.17, 15) is 4.79 Å². The molecule has 1 aromatic carbocycles. The number of ether oxygens (including phenoxy) is 1. The summed E-state index contributed by atoms with van der Waals surface area (Å²) in [5.74, 6) is 2.08. The number of para-hydroxylation sites is 1. The number of nitrogens with one attached hydrogen (secondary N) is 1. The lowest BCUT2D eigenvalue weighted by atomic mass is 10.0. The van der Waals surface area contributed by atoms with Gasteiger partial charge in [0.1, 0.15) is 18.1 Å². The van der Waals surface area contributed by atoms with Crippen LogP contribution in [-0.4, -0.2) is 35.1 Å². The van der Waals surface area contributed by atoms with E-state index in [4.69, 9.17) is 13.7 Å². The maximum Gasteiger partial charge on any atom is 0.273 e. The Labute approximate surface area is 176 Å². The van der Waals surface area contributed by atoms with Crippen LogP contribution in [0.25, 0.3) is 11.3 Å². The predicted octanol–water partition coefficient (Wildman–Crippen LogP) is 4.25. The fraction of sp³-hybridized carbons (Fsp3) is 0.391. The quantitative estimate of drug-likeness (QED) is 0.532. The number of carbonyl (C=O) groups excluding carboxylic acids is 1. The summed E-state index contributed by atoms with van der Waals surface area (Å²) < 4.78 is 16.7. The summed E-state index contributed by atoms with van der Waals surface area (Å²) in [5, 5.41) is 6.98. The molecule has 7 heteroatoms. The van der Waals surface area contributed by atoms with Crippen LogP contribution < -0.4 is 10.1 Å². The van der Waals surface area contributed by atoms with Gasteiger partial charge in [-0.15, -0.1) is 0 Å². The van der Waals surface area contributed by atoms with Gasteiger partial charge in [-0.1, -0.05) is 24.2 Å². The van der Waals surface area contributed by atoms with E-state index < -0.39 is 0 Å². The van der Waals surface area contributed by atoms with Gasteiger partial charge in [-0.05, 0) is 44.0 Å². The van der Waals surface area contributed by atoms with Crippen LogP contribution in [0.15, 0.2) is 51.6 Å². The number of benzene rings is 1. The van der Waals surface area contributed by atoms with Crippen LogP contribution in [0.2, 0.25) is 0 Å². The predicted molar refractivity (Wildman–Crippen MR) is 112 cm³/mol. The first-order valence-corrected chi connectivity index (χ1v) is 10.4. The number of aromatic nitrogens is 1. The van der Waals surface area contributed by atoms with Crippen LogP contribution in [0, 0.1) is 0 Å². The Kier molecular flexibility index (Phi) is 6.18. The number of hydrogen-bond acceptors (Lipinski definition) is 6. The van der Waals surface area contributed by atoms with Gasteiger partial charge in [-0.2, -0.15) is 0 Å². The molecule has 1 N–H and O–H groups in total. The normalized spacial score (nSPS) is 13.4. The molecule has 0 radical (unpaired) electrons. The third-order valence-electron chi connectivity index (χ3n) is 5.57. The first-order chi connectivity index (χ1) is 14.7. The molecule has 0 aliphatic carbocycles. The molecular formula is C23H27N3O4. The van der Waals surface area contributed by atoms with Gasteiger partial charge < -0.3 is 19.0 Å². The summed E-state index contributed by atoms with van der Waals surface area (Å²) in [7, 11) is 0. The second kappa shape index (κ2) is 9.17. The van der Waals surface area contributed by atoms with Crippen molar-refractivity contribution in [3.63, 3.8) is 0 Å². The van der Waals surface area contributed by atoms with Gasteiger partial charge in [0.15, 0.2) is 11.5 Å². The first-order valence-electron chi connectivity index (χ1n) is 10.4. The van der Waals surface area contributed by atoms with Crippen molar-refractivity contribution in [1.82, 2.24) is 15.4 Å². The van der Waals surface area contributed by atoms with E-state index >= 15 is 0 Å². The average molecular weight is 409 g/mol. The molecule has 3 heterocycles. The lowest BCUT2D eigenvalue weighted by Crippen LogP contribution is -2.35. The molecule has 3 aromatic rings.